The van der Waals surface area contributed by atoms with Crippen molar-refractivity contribution in [3.05, 3.63) is 65.7 Å². The van der Waals surface area contributed by atoms with Crippen molar-refractivity contribution in [2.45, 2.75) is 19.4 Å². The summed E-state index contributed by atoms with van der Waals surface area (Å²) < 4.78 is 1.09. The third kappa shape index (κ3) is 2.67. The Kier molecular flexibility index (Phi) is 3.98. The highest BCUT2D eigenvalue weighted by molar-refractivity contribution is 7.18. The first-order valence-corrected chi connectivity index (χ1v) is 7.15. The predicted octanol–water partition coefficient (Wildman–Crippen LogP) is 4.19. The molecule has 3 rings (SSSR count). The van der Waals surface area contributed by atoms with E-state index in [9.17, 15) is 5.11 Å². The molecule has 1 N–H and O–H groups in total. The monoisotopic (exact) mass is 271 g/mol. The van der Waals surface area contributed by atoms with Crippen LogP contribution >= 0.6 is 11.3 Å². The van der Waals surface area contributed by atoms with Crippen LogP contribution in [-0.2, 0) is 5.60 Å². The zero-order chi connectivity index (χ0) is 13.9. The normalized spacial score (nSPS) is 16.3. The maximum atomic E-state index is 10.5. The zero-order valence-corrected chi connectivity index (χ0v) is 11.9. The van der Waals surface area contributed by atoms with Gasteiger partial charge < -0.3 is 5.11 Å². The molecule has 1 heterocycles. The van der Waals surface area contributed by atoms with Gasteiger partial charge in [0.2, 0.25) is 0 Å². The number of aromatic nitrogens is 1. The Labute approximate surface area is 117 Å². The van der Waals surface area contributed by atoms with Crippen molar-refractivity contribution in [2.24, 2.45) is 0 Å². The number of hydrogen-bond acceptors (Lipinski definition) is 3. The number of allylic oxidation sites excluding steroid dienone is 3. The van der Waals surface area contributed by atoms with Gasteiger partial charge in [0.1, 0.15) is 5.01 Å². The van der Waals surface area contributed by atoms with Crippen molar-refractivity contribution in [3.63, 3.8) is 0 Å². The van der Waals surface area contributed by atoms with E-state index in [1.807, 2.05) is 50.3 Å². The Balaban J connectivity index is 0.000000637. The lowest BCUT2D eigenvalue weighted by molar-refractivity contribution is 0.142. The maximum absolute atomic E-state index is 10.5. The first-order valence-electron chi connectivity index (χ1n) is 6.33. The summed E-state index contributed by atoms with van der Waals surface area (Å²) in [6.45, 7) is 7.81. The number of thiazole rings is 1. The second kappa shape index (κ2) is 5.51. The molecule has 0 spiro atoms. The molecule has 0 atom stereocenters. The average Bonchev–Trinajstić information content (AvgIpc) is 2.89. The Hall–Kier alpha value is -1.71. The number of hydrogen-bond donors (Lipinski definition) is 1. The molecule has 1 aliphatic rings. The van der Waals surface area contributed by atoms with Gasteiger partial charge in [-0.2, -0.15) is 0 Å². The molecule has 0 fully saturated rings. The number of benzene rings is 1. The molecular weight excluding hydrogens is 254 g/mol. The predicted molar refractivity (Wildman–Crippen MR) is 82.3 cm³/mol. The SMILES string of the molecule is C=C1C=CC(O)(c2nc3ccccc3s2)C=C1.CC. The molecule has 3 heteroatoms. The number of nitrogens with zero attached hydrogens (tertiary/aromatic N) is 1. The van der Waals surface area contributed by atoms with Crippen molar-refractivity contribution in [1.29, 1.82) is 0 Å². The molecule has 0 bridgehead atoms. The lowest BCUT2D eigenvalue weighted by Gasteiger charge is -2.20. The van der Waals surface area contributed by atoms with Gasteiger partial charge >= 0.3 is 0 Å². The Bertz CT molecular complexity index is 603. The summed E-state index contributed by atoms with van der Waals surface area (Å²) in [5.74, 6) is 0. The fraction of sp³-hybridized carbons (Fsp3) is 0.188. The fourth-order valence-corrected chi connectivity index (χ4v) is 2.78. The quantitative estimate of drug-likeness (QED) is 0.843. The van der Waals surface area contributed by atoms with Crippen molar-refractivity contribution in [2.75, 3.05) is 0 Å². The van der Waals surface area contributed by atoms with Crippen LogP contribution in [-0.4, -0.2) is 10.1 Å². The van der Waals surface area contributed by atoms with E-state index in [-0.39, 0.29) is 0 Å². The molecule has 1 aromatic heterocycles. The molecule has 0 unspecified atom stereocenters. The van der Waals surface area contributed by atoms with Crippen LogP contribution in [0.3, 0.4) is 0 Å². The van der Waals surface area contributed by atoms with Gasteiger partial charge in [0, 0.05) is 0 Å². The van der Waals surface area contributed by atoms with Crippen LogP contribution in [0.25, 0.3) is 10.2 Å². The van der Waals surface area contributed by atoms with E-state index in [1.165, 1.54) is 11.3 Å². The summed E-state index contributed by atoms with van der Waals surface area (Å²) >= 11 is 1.51. The summed E-state index contributed by atoms with van der Waals surface area (Å²) in [6, 6.07) is 7.88. The van der Waals surface area contributed by atoms with Gasteiger partial charge in [0.15, 0.2) is 5.60 Å². The number of rotatable bonds is 1. The van der Waals surface area contributed by atoms with E-state index in [0.29, 0.717) is 5.01 Å². The first kappa shape index (κ1) is 13.7. The summed E-state index contributed by atoms with van der Waals surface area (Å²) in [5.41, 5.74) is 0.716. The van der Waals surface area contributed by atoms with Crippen LogP contribution in [0, 0.1) is 0 Å². The molecule has 1 aromatic carbocycles. The number of aliphatic hydroxyl groups is 1. The first-order chi connectivity index (χ1) is 9.17. The highest BCUT2D eigenvalue weighted by atomic mass is 32.1. The molecule has 0 amide bonds. The molecule has 1 aliphatic carbocycles. The minimum atomic E-state index is -1.09. The van der Waals surface area contributed by atoms with Gasteiger partial charge in [0.25, 0.3) is 0 Å². The Morgan fingerprint density at radius 1 is 1.16 bits per heavy atom. The van der Waals surface area contributed by atoms with Gasteiger partial charge in [0.05, 0.1) is 10.2 Å². The van der Waals surface area contributed by atoms with Crippen LogP contribution in [0.1, 0.15) is 18.9 Å². The van der Waals surface area contributed by atoms with Gasteiger partial charge in [-0.05, 0) is 29.9 Å². The van der Waals surface area contributed by atoms with Crippen molar-refractivity contribution < 1.29 is 5.11 Å². The van der Waals surface area contributed by atoms with Crippen molar-refractivity contribution in [1.82, 2.24) is 4.98 Å². The van der Waals surface area contributed by atoms with Crippen LogP contribution < -0.4 is 0 Å². The zero-order valence-electron chi connectivity index (χ0n) is 11.1. The van der Waals surface area contributed by atoms with E-state index in [0.717, 1.165) is 15.8 Å². The second-order valence-corrected chi connectivity index (χ2v) is 5.08. The maximum Gasteiger partial charge on any atom is 0.153 e. The third-order valence-corrected chi connectivity index (χ3v) is 3.92. The van der Waals surface area contributed by atoms with E-state index >= 15 is 0 Å². The molecule has 0 radical (unpaired) electrons. The molecule has 98 valence electrons. The van der Waals surface area contributed by atoms with Crippen LogP contribution in [0.2, 0.25) is 0 Å². The van der Waals surface area contributed by atoms with Gasteiger partial charge in [-0.1, -0.05) is 44.7 Å². The van der Waals surface area contributed by atoms with Crippen LogP contribution in [0.5, 0.6) is 0 Å². The van der Waals surface area contributed by atoms with Gasteiger partial charge in [-0.15, -0.1) is 11.3 Å². The summed E-state index contributed by atoms with van der Waals surface area (Å²) in [4.78, 5) is 4.47. The summed E-state index contributed by atoms with van der Waals surface area (Å²) in [6.07, 6.45) is 7.08. The molecule has 19 heavy (non-hydrogen) atoms. The fourth-order valence-electron chi connectivity index (χ4n) is 1.77. The van der Waals surface area contributed by atoms with Gasteiger partial charge in [-0.25, -0.2) is 4.98 Å². The van der Waals surface area contributed by atoms with Crippen molar-refractivity contribution in [3.8, 4) is 0 Å². The highest BCUT2D eigenvalue weighted by Gasteiger charge is 2.28. The standard InChI is InChI=1S/C14H11NOS.C2H6/c1-10-6-8-14(16,9-7-10)13-15-11-4-2-3-5-12(11)17-13;1-2/h2-9,16H,1H2;1-2H3. The van der Waals surface area contributed by atoms with E-state index in [2.05, 4.69) is 11.6 Å². The molecule has 2 aromatic rings. The average molecular weight is 271 g/mol. The lowest BCUT2D eigenvalue weighted by atomic mass is 9.97. The Morgan fingerprint density at radius 3 is 2.42 bits per heavy atom. The smallest absolute Gasteiger partial charge is 0.153 e. The molecular formula is C16H17NOS. The van der Waals surface area contributed by atoms with Gasteiger partial charge in [-0.3, -0.25) is 0 Å². The van der Waals surface area contributed by atoms with Crippen LogP contribution in [0.15, 0.2) is 60.7 Å². The number of fused-ring (bicyclic) bond motifs is 1. The lowest BCUT2D eigenvalue weighted by Crippen LogP contribution is -2.21. The highest BCUT2D eigenvalue weighted by Crippen LogP contribution is 2.34. The molecule has 2 nitrogen and oxygen atoms in total. The number of para-hydroxylation sites is 1. The Morgan fingerprint density at radius 2 is 1.79 bits per heavy atom. The largest absolute Gasteiger partial charge is 0.375 e. The molecule has 0 saturated carbocycles. The van der Waals surface area contributed by atoms with Crippen LogP contribution in [0.4, 0.5) is 0 Å². The molecule has 0 aliphatic heterocycles. The third-order valence-electron chi connectivity index (χ3n) is 2.74. The molecule has 0 saturated heterocycles. The second-order valence-electron chi connectivity index (χ2n) is 4.05. The minimum Gasteiger partial charge on any atom is -0.375 e. The topological polar surface area (TPSA) is 33.1 Å². The van der Waals surface area contributed by atoms with E-state index < -0.39 is 5.60 Å². The van der Waals surface area contributed by atoms with Crippen molar-refractivity contribution >= 4 is 21.6 Å². The van der Waals surface area contributed by atoms with E-state index in [4.69, 9.17) is 0 Å². The minimum absolute atomic E-state index is 0.693. The summed E-state index contributed by atoms with van der Waals surface area (Å²) in [5, 5.41) is 11.2. The summed E-state index contributed by atoms with van der Waals surface area (Å²) in [7, 11) is 0. The van der Waals surface area contributed by atoms with E-state index in [1.54, 1.807) is 12.2 Å².